The SMILES string of the molecule is CCN(CC)c1cccc(CCC(=O)OC)c1. The Balaban J connectivity index is 2.68. The molecule has 0 saturated carbocycles. The van der Waals surface area contributed by atoms with Crippen molar-refractivity contribution in [2.75, 3.05) is 25.1 Å². The lowest BCUT2D eigenvalue weighted by atomic mass is 10.1. The molecule has 1 aromatic carbocycles. The fourth-order valence-corrected chi connectivity index (χ4v) is 1.85. The van der Waals surface area contributed by atoms with Gasteiger partial charge in [0.25, 0.3) is 0 Å². The number of hydrogen-bond donors (Lipinski definition) is 0. The predicted molar refractivity (Wildman–Crippen MR) is 70.3 cm³/mol. The highest BCUT2D eigenvalue weighted by Gasteiger charge is 2.04. The summed E-state index contributed by atoms with van der Waals surface area (Å²) in [6.07, 6.45) is 1.18. The Morgan fingerprint density at radius 3 is 2.59 bits per heavy atom. The van der Waals surface area contributed by atoms with Gasteiger partial charge >= 0.3 is 5.97 Å². The van der Waals surface area contributed by atoms with Crippen LogP contribution in [0.5, 0.6) is 0 Å². The van der Waals surface area contributed by atoms with E-state index in [1.54, 1.807) is 0 Å². The number of anilines is 1. The molecule has 0 aliphatic rings. The van der Waals surface area contributed by atoms with Gasteiger partial charge in [0, 0.05) is 25.2 Å². The first kappa shape index (κ1) is 13.6. The molecule has 0 amide bonds. The van der Waals surface area contributed by atoms with Gasteiger partial charge in [0.05, 0.1) is 7.11 Å². The summed E-state index contributed by atoms with van der Waals surface area (Å²) in [5.41, 5.74) is 2.40. The van der Waals surface area contributed by atoms with Gasteiger partial charge in [-0.25, -0.2) is 0 Å². The number of nitrogens with zero attached hydrogens (tertiary/aromatic N) is 1. The van der Waals surface area contributed by atoms with Crippen LogP contribution in [0.1, 0.15) is 25.8 Å². The van der Waals surface area contributed by atoms with Gasteiger partial charge in [0.1, 0.15) is 0 Å². The van der Waals surface area contributed by atoms with Crippen LogP contribution in [0.15, 0.2) is 24.3 Å². The molecule has 0 spiro atoms. The molecule has 17 heavy (non-hydrogen) atoms. The molecular formula is C14H21NO2. The first-order valence-corrected chi connectivity index (χ1v) is 6.12. The molecular weight excluding hydrogens is 214 g/mol. The van der Waals surface area contributed by atoms with Gasteiger partial charge in [0.2, 0.25) is 0 Å². The maximum absolute atomic E-state index is 11.1. The van der Waals surface area contributed by atoms with Crippen molar-refractivity contribution < 1.29 is 9.53 Å². The van der Waals surface area contributed by atoms with Crippen LogP contribution >= 0.6 is 0 Å². The largest absolute Gasteiger partial charge is 0.469 e. The molecule has 1 rings (SSSR count). The fraction of sp³-hybridized carbons (Fsp3) is 0.500. The quantitative estimate of drug-likeness (QED) is 0.710. The van der Waals surface area contributed by atoms with Gasteiger partial charge in [-0.1, -0.05) is 12.1 Å². The van der Waals surface area contributed by atoms with E-state index in [4.69, 9.17) is 0 Å². The van der Waals surface area contributed by atoms with Crippen LogP contribution in [0.25, 0.3) is 0 Å². The van der Waals surface area contributed by atoms with Crippen LogP contribution < -0.4 is 4.90 Å². The van der Waals surface area contributed by atoms with Crippen molar-refractivity contribution in [2.24, 2.45) is 0 Å². The van der Waals surface area contributed by atoms with E-state index in [9.17, 15) is 4.79 Å². The van der Waals surface area contributed by atoms with Gasteiger partial charge in [0.15, 0.2) is 0 Å². The van der Waals surface area contributed by atoms with E-state index >= 15 is 0 Å². The minimum absolute atomic E-state index is 0.154. The molecule has 0 heterocycles. The van der Waals surface area contributed by atoms with E-state index in [-0.39, 0.29) is 5.97 Å². The van der Waals surface area contributed by atoms with Gasteiger partial charge in [-0.2, -0.15) is 0 Å². The molecule has 0 radical (unpaired) electrons. The van der Waals surface area contributed by atoms with E-state index in [2.05, 4.69) is 41.7 Å². The minimum atomic E-state index is -0.154. The highest BCUT2D eigenvalue weighted by molar-refractivity contribution is 5.69. The number of carbonyl (C=O) groups excluding carboxylic acids is 1. The summed E-state index contributed by atoms with van der Waals surface area (Å²) in [5.74, 6) is -0.154. The summed E-state index contributed by atoms with van der Waals surface area (Å²) in [6, 6.07) is 8.35. The summed E-state index contributed by atoms with van der Waals surface area (Å²) in [6.45, 7) is 6.28. The maximum Gasteiger partial charge on any atom is 0.305 e. The molecule has 0 bridgehead atoms. The first-order valence-electron chi connectivity index (χ1n) is 6.12. The maximum atomic E-state index is 11.1. The third-order valence-electron chi connectivity index (χ3n) is 2.88. The smallest absolute Gasteiger partial charge is 0.305 e. The summed E-state index contributed by atoms with van der Waals surface area (Å²) in [7, 11) is 1.43. The monoisotopic (exact) mass is 235 g/mol. The number of methoxy groups -OCH3 is 1. The van der Waals surface area contributed by atoms with Crippen molar-refractivity contribution in [3.8, 4) is 0 Å². The number of ether oxygens (including phenoxy) is 1. The van der Waals surface area contributed by atoms with Crippen LogP contribution in [-0.4, -0.2) is 26.2 Å². The van der Waals surface area contributed by atoms with E-state index in [0.717, 1.165) is 19.5 Å². The normalized spacial score (nSPS) is 10.1. The predicted octanol–water partition coefficient (Wildman–Crippen LogP) is 2.64. The molecule has 0 fully saturated rings. The van der Waals surface area contributed by atoms with Crippen LogP contribution in [0, 0.1) is 0 Å². The van der Waals surface area contributed by atoms with Gasteiger partial charge < -0.3 is 9.64 Å². The van der Waals surface area contributed by atoms with Crippen molar-refractivity contribution in [1.29, 1.82) is 0 Å². The third kappa shape index (κ3) is 4.10. The van der Waals surface area contributed by atoms with E-state index in [1.807, 2.05) is 6.07 Å². The summed E-state index contributed by atoms with van der Waals surface area (Å²) in [4.78, 5) is 13.4. The number of benzene rings is 1. The molecule has 3 heteroatoms. The summed E-state index contributed by atoms with van der Waals surface area (Å²) < 4.78 is 4.64. The molecule has 0 unspecified atom stereocenters. The zero-order valence-corrected chi connectivity index (χ0v) is 10.9. The highest BCUT2D eigenvalue weighted by atomic mass is 16.5. The van der Waals surface area contributed by atoms with Crippen molar-refractivity contribution in [2.45, 2.75) is 26.7 Å². The topological polar surface area (TPSA) is 29.5 Å². The van der Waals surface area contributed by atoms with Crippen LogP contribution in [0.4, 0.5) is 5.69 Å². The number of hydrogen-bond acceptors (Lipinski definition) is 3. The molecule has 1 aromatic rings. The fourth-order valence-electron chi connectivity index (χ4n) is 1.85. The van der Waals surface area contributed by atoms with Gasteiger partial charge in [-0.3, -0.25) is 4.79 Å². The lowest BCUT2D eigenvalue weighted by Crippen LogP contribution is -2.21. The zero-order valence-electron chi connectivity index (χ0n) is 10.9. The van der Waals surface area contributed by atoms with Gasteiger partial charge in [-0.15, -0.1) is 0 Å². The zero-order chi connectivity index (χ0) is 12.7. The average molecular weight is 235 g/mol. The highest BCUT2D eigenvalue weighted by Crippen LogP contribution is 2.17. The van der Waals surface area contributed by atoms with Crippen LogP contribution in [0.3, 0.4) is 0 Å². The third-order valence-corrected chi connectivity index (χ3v) is 2.88. The lowest BCUT2D eigenvalue weighted by molar-refractivity contribution is -0.140. The van der Waals surface area contributed by atoms with Crippen LogP contribution in [0.2, 0.25) is 0 Å². The van der Waals surface area contributed by atoms with Crippen molar-refractivity contribution in [3.05, 3.63) is 29.8 Å². The number of carbonyl (C=O) groups is 1. The average Bonchev–Trinajstić information content (AvgIpc) is 2.38. The molecule has 0 aliphatic carbocycles. The standard InChI is InChI=1S/C14H21NO2/c1-4-15(5-2)13-8-6-7-12(11-13)9-10-14(16)17-3/h6-8,11H,4-5,9-10H2,1-3H3. The number of esters is 1. The molecule has 0 aromatic heterocycles. The van der Waals surface area contributed by atoms with E-state index in [0.29, 0.717) is 6.42 Å². The minimum Gasteiger partial charge on any atom is -0.469 e. The van der Waals surface area contributed by atoms with Crippen LogP contribution in [-0.2, 0) is 16.0 Å². The molecule has 94 valence electrons. The molecule has 3 nitrogen and oxygen atoms in total. The second-order valence-electron chi connectivity index (χ2n) is 3.92. The Kier molecular flexibility index (Phi) is 5.53. The Morgan fingerprint density at radius 1 is 1.29 bits per heavy atom. The second-order valence-corrected chi connectivity index (χ2v) is 3.92. The van der Waals surface area contributed by atoms with Crippen molar-refractivity contribution in [3.63, 3.8) is 0 Å². The molecule has 0 saturated heterocycles. The molecule has 0 aliphatic heterocycles. The number of aryl methyl sites for hydroxylation is 1. The summed E-state index contributed by atoms with van der Waals surface area (Å²) >= 11 is 0. The first-order chi connectivity index (χ1) is 8.21. The molecule has 0 N–H and O–H groups in total. The Labute approximate surface area is 103 Å². The van der Waals surface area contributed by atoms with Crippen molar-refractivity contribution >= 4 is 11.7 Å². The second kappa shape index (κ2) is 6.94. The van der Waals surface area contributed by atoms with Gasteiger partial charge in [-0.05, 0) is 38.0 Å². The lowest BCUT2D eigenvalue weighted by Gasteiger charge is -2.21. The molecule has 0 atom stereocenters. The van der Waals surface area contributed by atoms with E-state index < -0.39 is 0 Å². The number of rotatable bonds is 6. The van der Waals surface area contributed by atoms with E-state index in [1.165, 1.54) is 18.4 Å². The Bertz CT molecular complexity index is 359. The summed E-state index contributed by atoms with van der Waals surface area (Å²) in [5, 5.41) is 0. The van der Waals surface area contributed by atoms with Crippen molar-refractivity contribution in [1.82, 2.24) is 0 Å². The Morgan fingerprint density at radius 2 is 2.00 bits per heavy atom. The Hall–Kier alpha value is -1.51.